The van der Waals surface area contributed by atoms with Gasteiger partial charge in [0.1, 0.15) is 11.3 Å². The number of amides is 1. The summed E-state index contributed by atoms with van der Waals surface area (Å²) in [7, 11) is 0. The fraction of sp³-hybridized carbons (Fsp3) is 0.462. The molecule has 0 aliphatic carbocycles. The molecule has 110 valence electrons. The van der Waals surface area contributed by atoms with Gasteiger partial charge in [-0.05, 0) is 37.0 Å². The Labute approximate surface area is 121 Å². The standard InChI is InChI=1S/C13H18N2O4S/c1-3-20-7-6-9(2)14-13(17)11-8-10(16)4-5-12(11)15(18)19/h4-5,8-9,16H,3,6-7H2,1-2H3,(H,14,17). The summed E-state index contributed by atoms with van der Waals surface area (Å²) in [5.41, 5.74) is -0.430. The van der Waals surface area contributed by atoms with Gasteiger partial charge < -0.3 is 10.4 Å². The quantitative estimate of drug-likeness (QED) is 0.458. The van der Waals surface area contributed by atoms with E-state index in [-0.39, 0.29) is 23.0 Å². The third kappa shape index (κ3) is 4.73. The highest BCUT2D eigenvalue weighted by Crippen LogP contribution is 2.23. The van der Waals surface area contributed by atoms with E-state index in [4.69, 9.17) is 0 Å². The predicted molar refractivity (Wildman–Crippen MR) is 79.3 cm³/mol. The van der Waals surface area contributed by atoms with Gasteiger partial charge in [-0.15, -0.1) is 0 Å². The van der Waals surface area contributed by atoms with Gasteiger partial charge in [-0.25, -0.2) is 0 Å². The molecule has 2 N–H and O–H groups in total. The van der Waals surface area contributed by atoms with Gasteiger partial charge in [0.25, 0.3) is 11.6 Å². The molecule has 1 atom stereocenters. The highest BCUT2D eigenvalue weighted by atomic mass is 32.2. The van der Waals surface area contributed by atoms with Crippen molar-refractivity contribution in [2.75, 3.05) is 11.5 Å². The SMILES string of the molecule is CCSCCC(C)NC(=O)c1cc(O)ccc1[N+](=O)[O-]. The summed E-state index contributed by atoms with van der Waals surface area (Å²) >= 11 is 1.77. The van der Waals surface area contributed by atoms with E-state index in [2.05, 4.69) is 12.2 Å². The predicted octanol–water partition coefficient (Wildman–Crippen LogP) is 2.56. The average molecular weight is 298 g/mol. The van der Waals surface area contributed by atoms with Gasteiger partial charge >= 0.3 is 0 Å². The molecule has 1 amide bonds. The van der Waals surface area contributed by atoms with E-state index < -0.39 is 10.8 Å². The van der Waals surface area contributed by atoms with Crippen LogP contribution in [0.4, 0.5) is 5.69 Å². The summed E-state index contributed by atoms with van der Waals surface area (Å²) in [4.78, 5) is 22.3. The Bertz CT molecular complexity index is 493. The second-order valence-electron chi connectivity index (χ2n) is 4.32. The molecule has 0 heterocycles. The topological polar surface area (TPSA) is 92.5 Å². The number of hydrogen-bond acceptors (Lipinski definition) is 5. The number of nitrogens with one attached hydrogen (secondary N) is 1. The van der Waals surface area contributed by atoms with E-state index in [0.717, 1.165) is 30.1 Å². The van der Waals surface area contributed by atoms with Gasteiger partial charge in [-0.3, -0.25) is 14.9 Å². The molecule has 0 fully saturated rings. The molecule has 0 aliphatic heterocycles. The maximum atomic E-state index is 12.0. The lowest BCUT2D eigenvalue weighted by Gasteiger charge is -2.13. The first-order chi connectivity index (χ1) is 9.45. The maximum Gasteiger partial charge on any atom is 0.282 e. The van der Waals surface area contributed by atoms with Crippen LogP contribution in [-0.4, -0.2) is 33.5 Å². The second-order valence-corrected chi connectivity index (χ2v) is 5.71. The van der Waals surface area contributed by atoms with Crippen molar-refractivity contribution in [2.24, 2.45) is 0 Å². The first-order valence-electron chi connectivity index (χ1n) is 6.31. The zero-order valence-electron chi connectivity index (χ0n) is 11.5. The molecule has 1 rings (SSSR count). The minimum absolute atomic E-state index is 0.0801. The zero-order valence-corrected chi connectivity index (χ0v) is 12.3. The Morgan fingerprint density at radius 1 is 1.55 bits per heavy atom. The number of benzene rings is 1. The molecule has 0 aromatic heterocycles. The van der Waals surface area contributed by atoms with Crippen molar-refractivity contribution in [1.82, 2.24) is 5.32 Å². The number of nitro groups is 1. The van der Waals surface area contributed by atoms with Crippen molar-refractivity contribution in [3.8, 4) is 5.75 Å². The summed E-state index contributed by atoms with van der Waals surface area (Å²) in [6.45, 7) is 3.91. The third-order valence-electron chi connectivity index (χ3n) is 2.70. The average Bonchev–Trinajstić information content (AvgIpc) is 2.38. The Morgan fingerprint density at radius 3 is 2.85 bits per heavy atom. The number of hydrogen-bond donors (Lipinski definition) is 2. The lowest BCUT2D eigenvalue weighted by molar-refractivity contribution is -0.385. The van der Waals surface area contributed by atoms with Crippen LogP contribution in [0.2, 0.25) is 0 Å². The summed E-state index contributed by atoms with van der Waals surface area (Å²) in [6, 6.07) is 3.35. The van der Waals surface area contributed by atoms with Crippen LogP contribution < -0.4 is 5.32 Å². The number of carbonyl (C=O) groups excluding carboxylic acids is 1. The first-order valence-corrected chi connectivity index (χ1v) is 7.47. The number of carbonyl (C=O) groups is 1. The van der Waals surface area contributed by atoms with Gasteiger partial charge in [0.05, 0.1) is 4.92 Å². The number of nitro benzene ring substituents is 1. The summed E-state index contributed by atoms with van der Waals surface area (Å²) in [6.07, 6.45) is 0.789. The highest BCUT2D eigenvalue weighted by molar-refractivity contribution is 7.99. The van der Waals surface area contributed by atoms with Crippen molar-refractivity contribution in [3.05, 3.63) is 33.9 Å². The Hall–Kier alpha value is -1.76. The fourth-order valence-electron chi connectivity index (χ4n) is 1.64. The van der Waals surface area contributed by atoms with E-state index in [1.807, 2.05) is 6.92 Å². The van der Waals surface area contributed by atoms with E-state index in [1.165, 1.54) is 6.07 Å². The number of phenolic OH excluding ortho intramolecular Hbond substituents is 1. The monoisotopic (exact) mass is 298 g/mol. The number of nitrogens with zero attached hydrogens (tertiary/aromatic N) is 1. The zero-order chi connectivity index (χ0) is 15.1. The van der Waals surface area contributed by atoms with Crippen LogP contribution in [0.25, 0.3) is 0 Å². The Kier molecular flexibility index (Phi) is 6.30. The highest BCUT2D eigenvalue weighted by Gasteiger charge is 2.21. The van der Waals surface area contributed by atoms with E-state index in [9.17, 15) is 20.0 Å². The minimum Gasteiger partial charge on any atom is -0.508 e. The van der Waals surface area contributed by atoms with E-state index >= 15 is 0 Å². The largest absolute Gasteiger partial charge is 0.508 e. The summed E-state index contributed by atoms with van der Waals surface area (Å²) in [5.74, 6) is 1.22. The van der Waals surface area contributed by atoms with Crippen LogP contribution in [0.1, 0.15) is 30.6 Å². The van der Waals surface area contributed by atoms with Crippen LogP contribution in [0.3, 0.4) is 0 Å². The fourth-order valence-corrected chi connectivity index (χ4v) is 2.45. The number of aromatic hydroxyl groups is 1. The first kappa shape index (κ1) is 16.3. The van der Waals surface area contributed by atoms with E-state index in [0.29, 0.717) is 0 Å². The van der Waals surface area contributed by atoms with Crippen LogP contribution in [0.5, 0.6) is 5.75 Å². The summed E-state index contributed by atoms with van der Waals surface area (Å²) in [5, 5.41) is 23.0. The molecule has 1 aromatic carbocycles. The Morgan fingerprint density at radius 2 is 2.25 bits per heavy atom. The summed E-state index contributed by atoms with van der Waals surface area (Å²) < 4.78 is 0. The van der Waals surface area contributed by atoms with Gasteiger partial charge in [0.2, 0.25) is 0 Å². The molecular weight excluding hydrogens is 280 g/mol. The van der Waals surface area contributed by atoms with E-state index in [1.54, 1.807) is 11.8 Å². The molecule has 0 spiro atoms. The number of thioether (sulfide) groups is 1. The molecule has 1 aromatic rings. The third-order valence-corrected chi connectivity index (χ3v) is 3.63. The molecular formula is C13H18N2O4S. The number of phenols is 1. The van der Waals surface area contributed by atoms with Gasteiger partial charge in [-0.1, -0.05) is 6.92 Å². The van der Waals surface area contributed by atoms with Crippen LogP contribution >= 0.6 is 11.8 Å². The smallest absolute Gasteiger partial charge is 0.282 e. The normalized spacial score (nSPS) is 11.9. The molecule has 20 heavy (non-hydrogen) atoms. The van der Waals surface area contributed by atoms with Gasteiger partial charge in [0.15, 0.2) is 0 Å². The Balaban J connectivity index is 2.76. The van der Waals surface area contributed by atoms with Crippen molar-refractivity contribution in [3.63, 3.8) is 0 Å². The van der Waals surface area contributed by atoms with Crippen molar-refractivity contribution < 1.29 is 14.8 Å². The minimum atomic E-state index is -0.633. The number of rotatable bonds is 7. The molecule has 1 unspecified atom stereocenters. The lowest BCUT2D eigenvalue weighted by Crippen LogP contribution is -2.33. The van der Waals surface area contributed by atoms with Crippen molar-refractivity contribution >= 4 is 23.4 Å². The lowest BCUT2D eigenvalue weighted by atomic mass is 10.1. The van der Waals surface area contributed by atoms with Gasteiger partial charge in [0, 0.05) is 12.1 Å². The molecule has 6 nitrogen and oxygen atoms in total. The molecule has 0 aliphatic rings. The van der Waals surface area contributed by atoms with Crippen molar-refractivity contribution in [1.29, 1.82) is 0 Å². The maximum absolute atomic E-state index is 12.0. The van der Waals surface area contributed by atoms with Crippen LogP contribution in [-0.2, 0) is 0 Å². The second kappa shape index (κ2) is 7.74. The molecule has 0 saturated heterocycles. The van der Waals surface area contributed by atoms with Crippen LogP contribution in [0, 0.1) is 10.1 Å². The molecule has 0 radical (unpaired) electrons. The van der Waals surface area contributed by atoms with Crippen LogP contribution in [0.15, 0.2) is 18.2 Å². The van der Waals surface area contributed by atoms with Crippen molar-refractivity contribution in [2.45, 2.75) is 26.3 Å². The molecule has 0 bridgehead atoms. The molecule has 7 heteroatoms. The molecule has 0 saturated carbocycles. The van der Waals surface area contributed by atoms with Gasteiger partial charge in [-0.2, -0.15) is 11.8 Å².